The van der Waals surface area contributed by atoms with Gasteiger partial charge in [-0.3, -0.25) is 9.69 Å². The molecule has 2 aliphatic heterocycles. The summed E-state index contributed by atoms with van der Waals surface area (Å²) >= 11 is 1.58. The number of benzene rings is 1. The highest BCUT2D eigenvalue weighted by Crippen LogP contribution is 2.30. The zero-order chi connectivity index (χ0) is 17.1. The van der Waals surface area contributed by atoms with E-state index in [2.05, 4.69) is 6.07 Å². The van der Waals surface area contributed by atoms with Crippen LogP contribution < -0.4 is 4.90 Å². The van der Waals surface area contributed by atoms with Crippen LogP contribution in [0.4, 0.5) is 5.13 Å². The Balaban J connectivity index is 1.50. The molecular weight excluding hydrogens is 336 g/mol. The van der Waals surface area contributed by atoms with Crippen molar-refractivity contribution in [2.45, 2.75) is 50.7 Å². The average Bonchev–Trinajstić information content (AvgIpc) is 3.38. The lowest BCUT2D eigenvalue weighted by atomic mass is 10.1. The van der Waals surface area contributed by atoms with E-state index in [9.17, 15) is 4.79 Å². The summed E-state index contributed by atoms with van der Waals surface area (Å²) in [5, 5.41) is 0.786. The molecule has 1 aromatic carbocycles. The largest absolute Gasteiger partial charge is 0.378 e. The number of carbonyl (C=O) groups excluding carboxylic acids is 1. The zero-order valence-electron chi connectivity index (χ0n) is 14.4. The van der Waals surface area contributed by atoms with Gasteiger partial charge in [0.1, 0.15) is 0 Å². The Hall–Kier alpha value is -1.50. The summed E-state index contributed by atoms with van der Waals surface area (Å²) in [5.74, 6) is 0.130. The number of thiazole rings is 1. The molecule has 2 fully saturated rings. The first-order valence-corrected chi connectivity index (χ1v) is 10.0. The highest BCUT2D eigenvalue weighted by atomic mass is 32.1. The number of hydrogen-bond donors (Lipinski definition) is 0. The average molecular weight is 360 g/mol. The maximum atomic E-state index is 12.9. The van der Waals surface area contributed by atoms with Gasteiger partial charge in [0, 0.05) is 19.6 Å². The van der Waals surface area contributed by atoms with Crippen LogP contribution in [-0.2, 0) is 14.3 Å². The number of carbonyl (C=O) groups is 1. The minimum absolute atomic E-state index is 0.124. The Labute approximate surface area is 151 Å². The van der Waals surface area contributed by atoms with Crippen LogP contribution in [-0.4, -0.2) is 42.9 Å². The molecule has 0 N–H and O–H groups in total. The molecule has 2 aromatic rings. The van der Waals surface area contributed by atoms with Crippen molar-refractivity contribution in [3.05, 3.63) is 24.3 Å². The lowest BCUT2D eigenvalue weighted by molar-refractivity contribution is -0.119. The van der Waals surface area contributed by atoms with E-state index in [-0.39, 0.29) is 18.1 Å². The van der Waals surface area contributed by atoms with Crippen molar-refractivity contribution in [1.29, 1.82) is 0 Å². The highest BCUT2D eigenvalue weighted by Gasteiger charge is 2.27. The second-order valence-corrected chi connectivity index (χ2v) is 7.79. The predicted octanol–water partition coefficient (Wildman–Crippen LogP) is 3.77. The van der Waals surface area contributed by atoms with Crippen LogP contribution in [0.3, 0.4) is 0 Å². The monoisotopic (exact) mass is 360 g/mol. The molecule has 25 heavy (non-hydrogen) atoms. The zero-order valence-corrected chi connectivity index (χ0v) is 15.2. The summed E-state index contributed by atoms with van der Waals surface area (Å²) < 4.78 is 12.5. The molecule has 0 aliphatic carbocycles. The number of hydrogen-bond acceptors (Lipinski definition) is 5. The molecule has 0 saturated carbocycles. The highest BCUT2D eigenvalue weighted by molar-refractivity contribution is 7.22. The van der Waals surface area contributed by atoms with E-state index in [1.165, 1.54) is 0 Å². The third-order valence-corrected chi connectivity index (χ3v) is 5.99. The Morgan fingerprint density at radius 1 is 1.16 bits per heavy atom. The van der Waals surface area contributed by atoms with E-state index in [0.717, 1.165) is 60.7 Å². The molecule has 4 rings (SSSR count). The van der Waals surface area contributed by atoms with E-state index in [1.807, 2.05) is 23.1 Å². The number of aromatic nitrogens is 1. The van der Waals surface area contributed by atoms with Crippen molar-refractivity contribution in [3.63, 3.8) is 0 Å². The van der Waals surface area contributed by atoms with Gasteiger partial charge >= 0.3 is 0 Å². The molecule has 1 amide bonds. The second kappa shape index (κ2) is 7.81. The molecule has 5 nitrogen and oxygen atoms in total. The minimum Gasteiger partial charge on any atom is -0.378 e. The van der Waals surface area contributed by atoms with Crippen LogP contribution in [0.25, 0.3) is 10.2 Å². The van der Waals surface area contributed by atoms with E-state index < -0.39 is 0 Å². The fraction of sp³-hybridized carbons (Fsp3) is 0.579. The van der Waals surface area contributed by atoms with Gasteiger partial charge in [-0.2, -0.15) is 0 Å². The quantitative estimate of drug-likeness (QED) is 0.787. The van der Waals surface area contributed by atoms with Crippen LogP contribution in [0.1, 0.15) is 38.5 Å². The van der Waals surface area contributed by atoms with Crippen LogP contribution in [0.15, 0.2) is 24.3 Å². The van der Waals surface area contributed by atoms with Crippen LogP contribution in [0.5, 0.6) is 0 Å². The number of amides is 1. The Morgan fingerprint density at radius 2 is 1.92 bits per heavy atom. The maximum Gasteiger partial charge on any atom is 0.228 e. The van der Waals surface area contributed by atoms with Crippen LogP contribution >= 0.6 is 11.3 Å². The Morgan fingerprint density at radius 3 is 2.64 bits per heavy atom. The summed E-state index contributed by atoms with van der Waals surface area (Å²) in [6.07, 6.45) is 5.93. The number of nitrogens with zero attached hydrogens (tertiary/aromatic N) is 2. The van der Waals surface area contributed by atoms with E-state index in [4.69, 9.17) is 14.5 Å². The molecule has 0 bridgehead atoms. The van der Waals surface area contributed by atoms with Crippen molar-refractivity contribution < 1.29 is 14.3 Å². The molecule has 0 radical (unpaired) electrons. The fourth-order valence-corrected chi connectivity index (χ4v) is 4.54. The van der Waals surface area contributed by atoms with Gasteiger partial charge in [0.15, 0.2) is 5.13 Å². The van der Waals surface area contributed by atoms with Gasteiger partial charge in [0.2, 0.25) is 5.91 Å². The predicted molar refractivity (Wildman–Crippen MR) is 99.2 cm³/mol. The topological polar surface area (TPSA) is 51.7 Å². The SMILES string of the molecule is O=C(CCC1CCCO1)N(CC1CCCO1)c1nc2ccccc2s1. The number of rotatable bonds is 6. The first kappa shape index (κ1) is 16.9. The van der Waals surface area contributed by atoms with Crippen molar-refractivity contribution in [2.75, 3.05) is 24.7 Å². The first-order valence-electron chi connectivity index (χ1n) is 9.19. The number of fused-ring (bicyclic) bond motifs is 1. The molecule has 2 saturated heterocycles. The normalized spacial score (nSPS) is 23.4. The summed E-state index contributed by atoms with van der Waals surface area (Å²) in [7, 11) is 0. The van der Waals surface area contributed by atoms with Crippen molar-refractivity contribution >= 4 is 32.6 Å². The van der Waals surface area contributed by atoms with E-state index in [1.54, 1.807) is 11.3 Å². The molecule has 3 heterocycles. The third-order valence-electron chi connectivity index (χ3n) is 4.93. The standard InChI is InChI=1S/C19H24N2O3S/c22-18(10-9-14-5-3-11-23-14)21(13-15-6-4-12-24-15)19-20-16-7-1-2-8-17(16)25-19/h1-2,7-8,14-15H,3-6,9-13H2. The lowest BCUT2D eigenvalue weighted by Gasteiger charge is -2.23. The van der Waals surface area contributed by atoms with Gasteiger partial charge in [0.05, 0.1) is 29.0 Å². The molecule has 1 aromatic heterocycles. The van der Waals surface area contributed by atoms with Crippen molar-refractivity contribution in [1.82, 2.24) is 4.98 Å². The molecule has 0 spiro atoms. The summed E-state index contributed by atoms with van der Waals surface area (Å²) in [5.41, 5.74) is 0.951. The molecule has 2 unspecified atom stereocenters. The lowest BCUT2D eigenvalue weighted by Crippen LogP contribution is -2.37. The number of ether oxygens (including phenoxy) is 2. The number of para-hydroxylation sites is 1. The van der Waals surface area contributed by atoms with Gasteiger partial charge in [-0.05, 0) is 44.2 Å². The molecule has 2 atom stereocenters. The first-order chi connectivity index (χ1) is 12.3. The maximum absolute atomic E-state index is 12.9. The fourth-order valence-electron chi connectivity index (χ4n) is 3.55. The van der Waals surface area contributed by atoms with Crippen LogP contribution in [0, 0.1) is 0 Å². The van der Waals surface area contributed by atoms with Gasteiger partial charge in [-0.1, -0.05) is 23.5 Å². The minimum atomic E-state index is 0.124. The molecule has 6 heteroatoms. The van der Waals surface area contributed by atoms with E-state index in [0.29, 0.717) is 13.0 Å². The van der Waals surface area contributed by atoms with Gasteiger partial charge in [-0.15, -0.1) is 0 Å². The van der Waals surface area contributed by atoms with Gasteiger partial charge in [0.25, 0.3) is 0 Å². The molecule has 2 aliphatic rings. The van der Waals surface area contributed by atoms with E-state index >= 15 is 0 Å². The molecular formula is C19H24N2O3S. The van der Waals surface area contributed by atoms with Crippen molar-refractivity contribution in [2.24, 2.45) is 0 Å². The Bertz CT molecular complexity index is 687. The second-order valence-electron chi connectivity index (χ2n) is 6.78. The Kier molecular flexibility index (Phi) is 5.29. The van der Waals surface area contributed by atoms with Gasteiger partial charge in [-0.25, -0.2) is 4.98 Å². The third kappa shape index (κ3) is 4.02. The van der Waals surface area contributed by atoms with Crippen molar-refractivity contribution in [3.8, 4) is 0 Å². The smallest absolute Gasteiger partial charge is 0.228 e. The van der Waals surface area contributed by atoms with Crippen LogP contribution in [0.2, 0.25) is 0 Å². The molecule has 134 valence electrons. The summed E-state index contributed by atoms with van der Waals surface area (Å²) in [4.78, 5) is 19.5. The number of anilines is 1. The van der Waals surface area contributed by atoms with Gasteiger partial charge < -0.3 is 9.47 Å². The summed E-state index contributed by atoms with van der Waals surface area (Å²) in [6.45, 7) is 2.23. The summed E-state index contributed by atoms with van der Waals surface area (Å²) in [6, 6.07) is 8.04.